The van der Waals surface area contributed by atoms with Gasteiger partial charge in [0.25, 0.3) is 0 Å². The van der Waals surface area contributed by atoms with Crippen molar-refractivity contribution < 1.29 is 4.79 Å². The second kappa shape index (κ2) is 6.94. The summed E-state index contributed by atoms with van der Waals surface area (Å²) in [6.07, 6.45) is 2.13. The van der Waals surface area contributed by atoms with Gasteiger partial charge in [0.1, 0.15) is 6.04 Å². The topological polar surface area (TPSA) is 41.1 Å². The number of anilines is 1. The first-order valence-electron chi connectivity index (χ1n) is 6.25. The second-order valence-corrected chi connectivity index (χ2v) is 4.33. The van der Waals surface area contributed by atoms with Crippen LogP contribution in [0.4, 0.5) is 5.69 Å². The van der Waals surface area contributed by atoms with Crippen LogP contribution in [-0.2, 0) is 4.79 Å². The lowest BCUT2D eigenvalue weighted by molar-refractivity contribution is -0.121. The maximum absolute atomic E-state index is 11.8. The van der Waals surface area contributed by atoms with E-state index >= 15 is 0 Å². The van der Waals surface area contributed by atoms with Gasteiger partial charge in [0.2, 0.25) is 5.91 Å². The molecule has 0 bridgehead atoms. The molecular formula is C14H22N2O. The molecule has 1 aromatic rings. The monoisotopic (exact) mass is 234 g/mol. The van der Waals surface area contributed by atoms with E-state index in [1.54, 1.807) is 0 Å². The van der Waals surface area contributed by atoms with Crippen molar-refractivity contribution >= 4 is 11.6 Å². The molecule has 0 fully saturated rings. The third-order valence-corrected chi connectivity index (χ3v) is 2.74. The molecular weight excluding hydrogens is 212 g/mol. The lowest BCUT2D eigenvalue weighted by atomic mass is 10.2. The average Bonchev–Trinajstić information content (AvgIpc) is 2.32. The van der Waals surface area contributed by atoms with Crippen LogP contribution in [0.2, 0.25) is 0 Å². The number of hydrogen-bond donors (Lipinski definition) is 2. The molecule has 0 saturated heterocycles. The van der Waals surface area contributed by atoms with Crippen molar-refractivity contribution in [3.63, 3.8) is 0 Å². The molecule has 3 heteroatoms. The van der Waals surface area contributed by atoms with Gasteiger partial charge in [0, 0.05) is 12.2 Å². The summed E-state index contributed by atoms with van der Waals surface area (Å²) in [7, 11) is 0. The lowest BCUT2D eigenvalue weighted by Gasteiger charge is -2.16. The minimum atomic E-state index is -0.201. The third-order valence-electron chi connectivity index (χ3n) is 2.74. The molecule has 94 valence electrons. The first-order chi connectivity index (χ1) is 8.15. The van der Waals surface area contributed by atoms with Crippen LogP contribution in [0.3, 0.4) is 0 Å². The summed E-state index contributed by atoms with van der Waals surface area (Å²) in [6, 6.07) is 7.78. The van der Waals surface area contributed by atoms with Crippen molar-refractivity contribution in [2.45, 2.75) is 39.7 Å². The molecule has 0 aliphatic carbocycles. The summed E-state index contributed by atoms with van der Waals surface area (Å²) in [6.45, 7) is 6.79. The lowest BCUT2D eigenvalue weighted by Crippen LogP contribution is -2.38. The minimum absolute atomic E-state index is 0.0571. The standard InChI is InChI=1S/C14H22N2O/c1-4-5-10-15-14(17)12(3)16-13-9-7-6-8-11(13)2/h6-9,12,16H,4-5,10H2,1-3H3,(H,15,17). The van der Waals surface area contributed by atoms with Crippen molar-refractivity contribution in [1.29, 1.82) is 0 Å². The van der Waals surface area contributed by atoms with E-state index in [9.17, 15) is 4.79 Å². The van der Waals surface area contributed by atoms with Crippen molar-refractivity contribution in [3.8, 4) is 0 Å². The Kier molecular flexibility index (Phi) is 5.53. The minimum Gasteiger partial charge on any atom is -0.374 e. The summed E-state index contributed by atoms with van der Waals surface area (Å²) < 4.78 is 0. The van der Waals surface area contributed by atoms with Gasteiger partial charge in [0.15, 0.2) is 0 Å². The summed E-state index contributed by atoms with van der Waals surface area (Å²) in [5.41, 5.74) is 2.17. The molecule has 0 aromatic heterocycles. The zero-order valence-electron chi connectivity index (χ0n) is 10.9. The van der Waals surface area contributed by atoms with Crippen LogP contribution in [0.1, 0.15) is 32.3 Å². The van der Waals surface area contributed by atoms with E-state index in [-0.39, 0.29) is 11.9 Å². The summed E-state index contributed by atoms with van der Waals surface area (Å²) >= 11 is 0. The van der Waals surface area contributed by atoms with Crippen LogP contribution in [0.5, 0.6) is 0 Å². The zero-order valence-corrected chi connectivity index (χ0v) is 10.9. The van der Waals surface area contributed by atoms with Gasteiger partial charge >= 0.3 is 0 Å². The Balaban J connectivity index is 2.46. The quantitative estimate of drug-likeness (QED) is 0.743. The van der Waals surface area contributed by atoms with Crippen LogP contribution in [-0.4, -0.2) is 18.5 Å². The third kappa shape index (κ3) is 4.47. The van der Waals surface area contributed by atoms with Gasteiger partial charge in [-0.1, -0.05) is 31.5 Å². The van der Waals surface area contributed by atoms with E-state index in [1.165, 1.54) is 0 Å². The molecule has 0 heterocycles. The molecule has 1 atom stereocenters. The Morgan fingerprint density at radius 2 is 2.06 bits per heavy atom. The molecule has 0 aliphatic rings. The van der Waals surface area contributed by atoms with Gasteiger partial charge in [0.05, 0.1) is 0 Å². The number of benzene rings is 1. The molecule has 1 rings (SSSR count). The molecule has 1 unspecified atom stereocenters. The van der Waals surface area contributed by atoms with E-state index in [2.05, 4.69) is 17.6 Å². The molecule has 1 amide bonds. The molecule has 0 spiro atoms. The fourth-order valence-corrected chi connectivity index (χ4v) is 1.58. The maximum Gasteiger partial charge on any atom is 0.242 e. The Labute approximate surface area is 104 Å². The fourth-order valence-electron chi connectivity index (χ4n) is 1.58. The summed E-state index contributed by atoms with van der Waals surface area (Å²) in [4.78, 5) is 11.8. The number of unbranched alkanes of at least 4 members (excludes halogenated alkanes) is 1. The van der Waals surface area contributed by atoms with Crippen LogP contribution in [0.25, 0.3) is 0 Å². The van der Waals surface area contributed by atoms with Crippen LogP contribution in [0.15, 0.2) is 24.3 Å². The second-order valence-electron chi connectivity index (χ2n) is 4.33. The summed E-state index contributed by atoms with van der Waals surface area (Å²) in [5, 5.41) is 6.15. The van der Waals surface area contributed by atoms with Crippen molar-refractivity contribution in [2.24, 2.45) is 0 Å². The zero-order chi connectivity index (χ0) is 12.7. The Hall–Kier alpha value is -1.51. The number of amides is 1. The Morgan fingerprint density at radius 3 is 2.71 bits per heavy atom. The number of para-hydroxylation sites is 1. The van der Waals surface area contributed by atoms with Crippen LogP contribution >= 0.6 is 0 Å². The van der Waals surface area contributed by atoms with Crippen molar-refractivity contribution in [3.05, 3.63) is 29.8 Å². The number of rotatable bonds is 6. The van der Waals surface area contributed by atoms with Gasteiger partial charge < -0.3 is 10.6 Å². The number of carbonyl (C=O) groups excluding carboxylic acids is 1. The van der Waals surface area contributed by atoms with Crippen molar-refractivity contribution in [2.75, 3.05) is 11.9 Å². The van der Waals surface area contributed by atoms with Gasteiger partial charge in [-0.15, -0.1) is 0 Å². The number of aryl methyl sites for hydroxylation is 1. The molecule has 0 aliphatic heterocycles. The highest BCUT2D eigenvalue weighted by molar-refractivity contribution is 5.84. The highest BCUT2D eigenvalue weighted by Gasteiger charge is 2.12. The summed E-state index contributed by atoms with van der Waals surface area (Å²) in [5.74, 6) is 0.0571. The van der Waals surface area contributed by atoms with E-state index < -0.39 is 0 Å². The highest BCUT2D eigenvalue weighted by Crippen LogP contribution is 2.14. The van der Waals surface area contributed by atoms with Gasteiger partial charge in [-0.25, -0.2) is 0 Å². The molecule has 1 aromatic carbocycles. The predicted octanol–water partition coefficient (Wildman–Crippen LogP) is 2.71. The Morgan fingerprint density at radius 1 is 1.35 bits per heavy atom. The molecule has 0 radical (unpaired) electrons. The number of nitrogens with one attached hydrogen (secondary N) is 2. The number of hydrogen-bond acceptors (Lipinski definition) is 2. The Bertz CT molecular complexity index is 363. The molecule has 0 saturated carbocycles. The average molecular weight is 234 g/mol. The smallest absolute Gasteiger partial charge is 0.242 e. The van der Waals surface area contributed by atoms with E-state index in [4.69, 9.17) is 0 Å². The molecule has 17 heavy (non-hydrogen) atoms. The highest BCUT2D eigenvalue weighted by atomic mass is 16.2. The molecule has 3 nitrogen and oxygen atoms in total. The van der Waals surface area contributed by atoms with Gasteiger partial charge in [-0.2, -0.15) is 0 Å². The normalized spacial score (nSPS) is 11.9. The number of carbonyl (C=O) groups is 1. The molecule has 2 N–H and O–H groups in total. The predicted molar refractivity (Wildman–Crippen MR) is 72.2 cm³/mol. The largest absolute Gasteiger partial charge is 0.374 e. The maximum atomic E-state index is 11.8. The first-order valence-corrected chi connectivity index (χ1v) is 6.25. The van der Waals surface area contributed by atoms with E-state index in [0.29, 0.717) is 0 Å². The first kappa shape index (κ1) is 13.6. The van der Waals surface area contributed by atoms with E-state index in [0.717, 1.165) is 30.6 Å². The van der Waals surface area contributed by atoms with Crippen LogP contribution < -0.4 is 10.6 Å². The van der Waals surface area contributed by atoms with Crippen molar-refractivity contribution in [1.82, 2.24) is 5.32 Å². The van der Waals surface area contributed by atoms with Gasteiger partial charge in [-0.05, 0) is 31.9 Å². The SMILES string of the molecule is CCCCNC(=O)C(C)Nc1ccccc1C. The fraction of sp³-hybridized carbons (Fsp3) is 0.500. The van der Waals surface area contributed by atoms with Gasteiger partial charge in [-0.3, -0.25) is 4.79 Å². The van der Waals surface area contributed by atoms with E-state index in [1.807, 2.05) is 38.1 Å². The van der Waals surface area contributed by atoms with Crippen LogP contribution in [0, 0.1) is 6.92 Å².